The van der Waals surface area contributed by atoms with Gasteiger partial charge < -0.3 is 15.4 Å². The van der Waals surface area contributed by atoms with E-state index in [2.05, 4.69) is 20.6 Å². The smallest absolute Gasteiger partial charge is 0.335 e. The molecule has 7 nitrogen and oxygen atoms in total. The van der Waals surface area contributed by atoms with Gasteiger partial charge in [-0.05, 0) is 24.3 Å². The monoisotopic (exact) mass is 286 g/mol. The van der Waals surface area contributed by atoms with Gasteiger partial charge in [-0.1, -0.05) is 0 Å². The highest BCUT2D eigenvalue weighted by Crippen LogP contribution is 2.15. The fourth-order valence-electron chi connectivity index (χ4n) is 2.28. The standard InChI is InChI=1S/C14H14N4O3/c19-13(11-5-10-12(6-15-11)17-7-16-10)18-9-3-1-8(2-4-9)14(20)21/h1-4,7,11,15H,5-6H2,(H,16,17)(H,18,19)(H,20,21). The highest BCUT2D eigenvalue weighted by atomic mass is 16.4. The Morgan fingerprint density at radius 2 is 2.05 bits per heavy atom. The van der Waals surface area contributed by atoms with Gasteiger partial charge in [0.25, 0.3) is 0 Å². The Labute approximate surface area is 120 Å². The summed E-state index contributed by atoms with van der Waals surface area (Å²) in [6.45, 7) is 0.575. The Bertz CT molecular complexity index is 678. The molecule has 4 N–H and O–H groups in total. The van der Waals surface area contributed by atoms with E-state index < -0.39 is 5.97 Å². The highest BCUT2D eigenvalue weighted by molar-refractivity contribution is 5.96. The maximum Gasteiger partial charge on any atom is 0.335 e. The molecular formula is C14H14N4O3. The van der Waals surface area contributed by atoms with Gasteiger partial charge in [0, 0.05) is 18.7 Å². The third-order valence-corrected chi connectivity index (χ3v) is 3.45. The lowest BCUT2D eigenvalue weighted by molar-refractivity contribution is -0.118. The van der Waals surface area contributed by atoms with Gasteiger partial charge >= 0.3 is 5.97 Å². The number of aromatic nitrogens is 2. The summed E-state index contributed by atoms with van der Waals surface area (Å²) in [5.41, 5.74) is 2.66. The summed E-state index contributed by atoms with van der Waals surface area (Å²) in [7, 11) is 0. The van der Waals surface area contributed by atoms with Crippen LogP contribution in [0.2, 0.25) is 0 Å². The van der Waals surface area contributed by atoms with Crippen molar-refractivity contribution in [2.24, 2.45) is 0 Å². The van der Waals surface area contributed by atoms with Gasteiger partial charge in [0.1, 0.15) is 0 Å². The van der Waals surface area contributed by atoms with Gasteiger partial charge in [-0.3, -0.25) is 10.1 Å². The second kappa shape index (κ2) is 5.37. The van der Waals surface area contributed by atoms with Crippen molar-refractivity contribution in [3.8, 4) is 0 Å². The van der Waals surface area contributed by atoms with Gasteiger partial charge in [-0.25, -0.2) is 9.78 Å². The zero-order chi connectivity index (χ0) is 14.8. The summed E-state index contributed by atoms with van der Waals surface area (Å²) < 4.78 is 0. The maximum atomic E-state index is 12.2. The summed E-state index contributed by atoms with van der Waals surface area (Å²) >= 11 is 0. The van der Waals surface area contributed by atoms with Crippen LogP contribution in [0.3, 0.4) is 0 Å². The van der Waals surface area contributed by atoms with Crippen molar-refractivity contribution in [3.63, 3.8) is 0 Å². The third-order valence-electron chi connectivity index (χ3n) is 3.45. The number of aromatic amines is 1. The van der Waals surface area contributed by atoms with Gasteiger partial charge in [-0.2, -0.15) is 0 Å². The van der Waals surface area contributed by atoms with Crippen LogP contribution in [0, 0.1) is 0 Å². The van der Waals surface area contributed by atoms with Crippen LogP contribution in [0.4, 0.5) is 5.69 Å². The van der Waals surface area contributed by atoms with E-state index >= 15 is 0 Å². The molecule has 0 radical (unpaired) electrons. The van der Waals surface area contributed by atoms with Crippen LogP contribution in [-0.4, -0.2) is 33.0 Å². The van der Waals surface area contributed by atoms with Gasteiger partial charge in [0.05, 0.1) is 29.3 Å². The molecule has 0 aliphatic carbocycles. The van der Waals surface area contributed by atoms with E-state index in [-0.39, 0.29) is 17.5 Å². The van der Waals surface area contributed by atoms with Crippen LogP contribution in [0.5, 0.6) is 0 Å². The molecule has 1 aromatic carbocycles. The van der Waals surface area contributed by atoms with Crippen molar-refractivity contribution in [1.29, 1.82) is 0 Å². The van der Waals surface area contributed by atoms with E-state index in [4.69, 9.17) is 5.11 Å². The van der Waals surface area contributed by atoms with Crippen LogP contribution in [0.15, 0.2) is 30.6 Å². The minimum atomic E-state index is -0.993. The third kappa shape index (κ3) is 2.77. The van der Waals surface area contributed by atoms with Crippen molar-refractivity contribution in [2.75, 3.05) is 5.32 Å². The molecule has 3 rings (SSSR count). The van der Waals surface area contributed by atoms with Gasteiger partial charge in [0.2, 0.25) is 5.91 Å². The van der Waals surface area contributed by atoms with Crippen molar-refractivity contribution >= 4 is 17.6 Å². The van der Waals surface area contributed by atoms with Crippen LogP contribution < -0.4 is 10.6 Å². The Morgan fingerprint density at radius 3 is 2.76 bits per heavy atom. The second-order valence-electron chi connectivity index (χ2n) is 4.84. The second-order valence-corrected chi connectivity index (χ2v) is 4.84. The topological polar surface area (TPSA) is 107 Å². The summed E-state index contributed by atoms with van der Waals surface area (Å²) in [5, 5.41) is 14.7. The molecule has 7 heteroatoms. The summed E-state index contributed by atoms with van der Waals surface area (Å²) in [6.07, 6.45) is 2.15. The maximum absolute atomic E-state index is 12.2. The lowest BCUT2D eigenvalue weighted by Crippen LogP contribution is -2.44. The lowest BCUT2D eigenvalue weighted by atomic mass is 10.0. The SMILES string of the molecule is O=C(O)c1ccc(NC(=O)C2Cc3nc[nH]c3CN2)cc1. The highest BCUT2D eigenvalue weighted by Gasteiger charge is 2.25. The molecule has 21 heavy (non-hydrogen) atoms. The molecule has 1 unspecified atom stereocenters. The average Bonchev–Trinajstić information content (AvgIpc) is 2.95. The molecule has 1 amide bonds. The predicted molar refractivity (Wildman–Crippen MR) is 75.0 cm³/mol. The zero-order valence-electron chi connectivity index (χ0n) is 11.1. The van der Waals surface area contributed by atoms with E-state index in [9.17, 15) is 9.59 Å². The number of fused-ring (bicyclic) bond motifs is 1. The number of nitrogens with one attached hydrogen (secondary N) is 3. The molecule has 0 fully saturated rings. The van der Waals surface area contributed by atoms with Crippen LogP contribution in [0.1, 0.15) is 21.7 Å². The van der Waals surface area contributed by atoms with Crippen molar-refractivity contribution in [3.05, 3.63) is 47.5 Å². The minimum absolute atomic E-state index is 0.160. The number of benzene rings is 1. The van der Waals surface area contributed by atoms with E-state index in [0.717, 1.165) is 11.4 Å². The largest absolute Gasteiger partial charge is 0.478 e. The molecule has 108 valence electrons. The first-order valence-electron chi connectivity index (χ1n) is 6.52. The molecule has 1 aliphatic rings. The molecule has 0 saturated carbocycles. The Hall–Kier alpha value is -2.67. The minimum Gasteiger partial charge on any atom is -0.478 e. The quantitative estimate of drug-likeness (QED) is 0.666. The first-order valence-corrected chi connectivity index (χ1v) is 6.52. The van der Waals surface area contributed by atoms with Crippen LogP contribution in [0.25, 0.3) is 0 Å². The van der Waals surface area contributed by atoms with Crippen LogP contribution in [-0.2, 0) is 17.8 Å². The van der Waals surface area contributed by atoms with Crippen molar-refractivity contribution in [1.82, 2.24) is 15.3 Å². The Morgan fingerprint density at radius 1 is 1.29 bits per heavy atom. The lowest BCUT2D eigenvalue weighted by Gasteiger charge is -2.22. The molecule has 0 spiro atoms. The van der Waals surface area contributed by atoms with Crippen LogP contribution >= 0.6 is 0 Å². The number of aromatic carboxylic acids is 1. The van der Waals surface area contributed by atoms with Gasteiger partial charge in [0.15, 0.2) is 0 Å². The normalized spacial score (nSPS) is 17.0. The predicted octanol–water partition coefficient (Wildman–Crippen LogP) is 0.761. The zero-order valence-corrected chi connectivity index (χ0v) is 11.1. The number of carboxylic acid groups (broad SMARTS) is 1. The van der Waals surface area contributed by atoms with E-state index in [0.29, 0.717) is 18.7 Å². The first-order chi connectivity index (χ1) is 10.1. The number of rotatable bonds is 3. The Kier molecular flexibility index (Phi) is 3.41. The molecule has 1 aliphatic heterocycles. The molecule has 0 bridgehead atoms. The number of amides is 1. The van der Waals surface area contributed by atoms with Gasteiger partial charge in [-0.15, -0.1) is 0 Å². The number of hydrogen-bond donors (Lipinski definition) is 4. The summed E-state index contributed by atoms with van der Waals surface area (Å²) in [4.78, 5) is 30.2. The molecule has 2 heterocycles. The summed E-state index contributed by atoms with van der Waals surface area (Å²) in [6, 6.07) is 5.71. The van der Waals surface area contributed by atoms with E-state index in [1.165, 1.54) is 12.1 Å². The number of carbonyl (C=O) groups is 2. The van der Waals surface area contributed by atoms with Crippen molar-refractivity contribution < 1.29 is 14.7 Å². The fraction of sp³-hybridized carbons (Fsp3) is 0.214. The summed E-state index contributed by atoms with van der Waals surface area (Å²) in [5.74, 6) is -1.15. The molecule has 0 saturated heterocycles. The fourth-order valence-corrected chi connectivity index (χ4v) is 2.28. The Balaban J connectivity index is 1.65. The first kappa shape index (κ1) is 13.3. The number of imidazole rings is 1. The number of anilines is 1. The number of carboxylic acids is 1. The molecule has 1 atom stereocenters. The number of hydrogen-bond acceptors (Lipinski definition) is 4. The number of nitrogens with zero attached hydrogens (tertiary/aromatic N) is 1. The number of H-pyrrole nitrogens is 1. The molecule has 1 aromatic heterocycles. The van der Waals surface area contributed by atoms with E-state index in [1.807, 2.05) is 0 Å². The molecule has 2 aromatic rings. The van der Waals surface area contributed by atoms with E-state index in [1.54, 1.807) is 18.5 Å². The molecular weight excluding hydrogens is 272 g/mol. The number of carbonyl (C=O) groups excluding carboxylic acids is 1. The average molecular weight is 286 g/mol. The van der Waals surface area contributed by atoms with Crippen molar-refractivity contribution in [2.45, 2.75) is 19.0 Å².